The molecule has 4 heteroatoms. The lowest BCUT2D eigenvalue weighted by Crippen LogP contribution is -2.51. The van der Waals surface area contributed by atoms with E-state index in [-0.39, 0.29) is 34.3 Å². The van der Waals surface area contributed by atoms with Crippen molar-refractivity contribution in [1.82, 2.24) is 0 Å². The topological polar surface area (TPSA) is 49.7 Å². The van der Waals surface area contributed by atoms with Crippen molar-refractivity contribution in [3.63, 3.8) is 0 Å². The van der Waals surface area contributed by atoms with Gasteiger partial charge < -0.3 is 14.6 Å². The highest BCUT2D eigenvalue weighted by atomic mass is 28.4. The van der Waals surface area contributed by atoms with Crippen LogP contribution in [0.2, 0.25) is 18.1 Å². The Morgan fingerprint density at radius 3 is 1.86 bits per heavy atom. The van der Waals surface area contributed by atoms with Crippen molar-refractivity contribution in [1.29, 1.82) is 0 Å². The van der Waals surface area contributed by atoms with Crippen LogP contribution in [-0.4, -0.2) is 37.3 Å². The van der Waals surface area contributed by atoms with Crippen LogP contribution < -0.4 is 0 Å². The van der Waals surface area contributed by atoms with Crippen LogP contribution in [0.5, 0.6) is 0 Å². The maximum atomic E-state index is 11.1. The highest BCUT2D eigenvalue weighted by Crippen LogP contribution is 2.63. The second kappa shape index (κ2) is 5.57. The van der Waals surface area contributed by atoms with Crippen molar-refractivity contribution in [2.45, 2.75) is 79.1 Å². The van der Waals surface area contributed by atoms with Crippen molar-refractivity contribution in [2.24, 2.45) is 22.7 Å². The summed E-state index contributed by atoms with van der Waals surface area (Å²) in [6.07, 6.45) is 0. The van der Waals surface area contributed by atoms with E-state index >= 15 is 0 Å². The third kappa shape index (κ3) is 2.70. The smallest absolute Gasteiger partial charge is 0.191 e. The molecule has 3 atom stereocenters. The van der Waals surface area contributed by atoms with Crippen LogP contribution in [0.3, 0.4) is 0 Å². The lowest BCUT2D eigenvalue weighted by molar-refractivity contribution is -0.127. The summed E-state index contributed by atoms with van der Waals surface area (Å²) in [6.45, 7) is 22.4. The molecule has 22 heavy (non-hydrogen) atoms. The molecule has 0 amide bonds. The molecule has 1 rings (SSSR count). The first-order valence-corrected chi connectivity index (χ1v) is 11.4. The Labute approximate surface area is 138 Å². The van der Waals surface area contributed by atoms with Gasteiger partial charge in [0.15, 0.2) is 8.32 Å². The van der Waals surface area contributed by atoms with Gasteiger partial charge in [-0.3, -0.25) is 0 Å². The lowest BCUT2D eigenvalue weighted by atomic mass is 9.63. The standard InChI is InChI=1S/C18H38O3Si/c1-13-14(11-21-22(9,10)15(2,3)4)16(5,6)17(7,8)18(13,20)12-19/h13-14,19-20H,11-12H2,1-10H3/t13-,14-,18+/m0/s1. The minimum atomic E-state index is -1.81. The molecular formula is C18H38O3Si. The third-order valence-corrected chi connectivity index (χ3v) is 12.1. The number of aliphatic hydroxyl groups is 2. The van der Waals surface area contributed by atoms with Crippen molar-refractivity contribution in [3.8, 4) is 0 Å². The van der Waals surface area contributed by atoms with E-state index < -0.39 is 13.9 Å². The van der Waals surface area contributed by atoms with E-state index in [2.05, 4.69) is 68.5 Å². The summed E-state index contributed by atoms with van der Waals surface area (Å²) in [5.74, 6) is 0.237. The van der Waals surface area contributed by atoms with E-state index in [1.165, 1.54) is 0 Å². The van der Waals surface area contributed by atoms with E-state index in [0.29, 0.717) is 6.61 Å². The molecule has 3 nitrogen and oxygen atoms in total. The van der Waals surface area contributed by atoms with Crippen LogP contribution in [0.15, 0.2) is 0 Å². The molecule has 0 aromatic rings. The monoisotopic (exact) mass is 330 g/mol. The molecule has 1 saturated carbocycles. The van der Waals surface area contributed by atoms with Gasteiger partial charge in [0, 0.05) is 12.0 Å². The first kappa shape index (κ1) is 20.1. The predicted molar refractivity (Wildman–Crippen MR) is 95.4 cm³/mol. The van der Waals surface area contributed by atoms with Crippen LogP contribution in [0, 0.1) is 22.7 Å². The van der Waals surface area contributed by atoms with E-state index in [4.69, 9.17) is 4.43 Å². The summed E-state index contributed by atoms with van der Waals surface area (Å²) in [7, 11) is -1.81. The Bertz CT molecular complexity index is 406. The van der Waals surface area contributed by atoms with Crippen molar-refractivity contribution < 1.29 is 14.6 Å². The van der Waals surface area contributed by atoms with E-state index in [1.54, 1.807) is 0 Å². The molecule has 0 heterocycles. The first-order valence-electron chi connectivity index (χ1n) is 8.53. The Morgan fingerprint density at radius 2 is 1.55 bits per heavy atom. The van der Waals surface area contributed by atoms with Crippen LogP contribution in [-0.2, 0) is 4.43 Å². The first-order chi connectivity index (χ1) is 9.56. The van der Waals surface area contributed by atoms with Gasteiger partial charge >= 0.3 is 0 Å². The van der Waals surface area contributed by atoms with Gasteiger partial charge in [-0.25, -0.2) is 0 Å². The van der Waals surface area contributed by atoms with Gasteiger partial charge in [-0.1, -0.05) is 55.4 Å². The van der Waals surface area contributed by atoms with Gasteiger partial charge in [0.05, 0.1) is 12.2 Å². The normalized spacial score (nSPS) is 34.9. The Kier molecular flexibility index (Phi) is 5.10. The minimum absolute atomic E-state index is 0.00673. The molecule has 1 fully saturated rings. The molecule has 0 radical (unpaired) electrons. The number of hydrogen-bond donors (Lipinski definition) is 2. The van der Waals surface area contributed by atoms with Crippen LogP contribution in [0.4, 0.5) is 0 Å². The second-order valence-corrected chi connectivity index (χ2v) is 14.7. The Hall–Kier alpha value is 0.0969. The summed E-state index contributed by atoms with van der Waals surface area (Å²) in [5.41, 5.74) is -1.53. The van der Waals surface area contributed by atoms with Crippen LogP contribution >= 0.6 is 0 Å². The predicted octanol–water partition coefficient (Wildman–Crippen LogP) is 4.05. The molecule has 1 aliphatic rings. The fraction of sp³-hybridized carbons (Fsp3) is 1.00. The Morgan fingerprint density at radius 1 is 1.09 bits per heavy atom. The van der Waals surface area contributed by atoms with E-state index in [0.717, 1.165) is 0 Å². The molecule has 1 aliphatic carbocycles. The molecular weight excluding hydrogens is 292 g/mol. The summed E-state index contributed by atoms with van der Waals surface area (Å²) in [5, 5.41) is 21.1. The van der Waals surface area contributed by atoms with Gasteiger partial charge in [0.1, 0.15) is 0 Å². The minimum Gasteiger partial charge on any atom is -0.417 e. The number of aliphatic hydroxyl groups excluding tert-OH is 1. The summed E-state index contributed by atoms with van der Waals surface area (Å²) in [4.78, 5) is 0. The van der Waals surface area contributed by atoms with Gasteiger partial charge in [-0.2, -0.15) is 0 Å². The summed E-state index contributed by atoms with van der Waals surface area (Å²) in [6, 6.07) is 0. The zero-order valence-electron chi connectivity index (χ0n) is 16.4. The summed E-state index contributed by atoms with van der Waals surface area (Å²) >= 11 is 0. The number of hydrogen-bond acceptors (Lipinski definition) is 3. The quantitative estimate of drug-likeness (QED) is 0.765. The van der Waals surface area contributed by atoms with Crippen molar-refractivity contribution >= 4 is 8.32 Å². The average molecular weight is 331 g/mol. The summed E-state index contributed by atoms with van der Waals surface area (Å²) < 4.78 is 6.46. The average Bonchev–Trinajstić information content (AvgIpc) is 2.43. The SMILES string of the molecule is C[C@H]1[C@H](CO[Si](C)(C)C(C)(C)C)C(C)(C)C(C)(C)[C@@]1(O)CO. The fourth-order valence-corrected chi connectivity index (χ4v) is 4.79. The Balaban J connectivity index is 3.06. The zero-order valence-corrected chi connectivity index (χ0v) is 17.4. The molecule has 0 saturated heterocycles. The molecule has 0 aromatic heterocycles. The molecule has 0 bridgehead atoms. The maximum absolute atomic E-state index is 11.1. The molecule has 0 aliphatic heterocycles. The van der Waals surface area contributed by atoms with Crippen molar-refractivity contribution in [3.05, 3.63) is 0 Å². The highest BCUT2D eigenvalue weighted by Gasteiger charge is 2.66. The van der Waals surface area contributed by atoms with Gasteiger partial charge in [-0.05, 0) is 35.4 Å². The fourth-order valence-electron chi connectivity index (χ4n) is 3.76. The molecule has 132 valence electrons. The van der Waals surface area contributed by atoms with Gasteiger partial charge in [0.2, 0.25) is 0 Å². The third-order valence-electron chi connectivity index (χ3n) is 7.65. The van der Waals surface area contributed by atoms with E-state index in [9.17, 15) is 10.2 Å². The molecule has 0 spiro atoms. The second-order valence-electron chi connectivity index (χ2n) is 9.90. The largest absolute Gasteiger partial charge is 0.417 e. The molecule has 0 aromatic carbocycles. The number of rotatable bonds is 4. The van der Waals surface area contributed by atoms with Crippen LogP contribution in [0.25, 0.3) is 0 Å². The zero-order chi connectivity index (χ0) is 17.8. The highest BCUT2D eigenvalue weighted by molar-refractivity contribution is 6.74. The lowest BCUT2D eigenvalue weighted by Gasteiger charge is -2.45. The van der Waals surface area contributed by atoms with Crippen LogP contribution in [0.1, 0.15) is 55.4 Å². The maximum Gasteiger partial charge on any atom is 0.191 e. The van der Waals surface area contributed by atoms with E-state index in [1.807, 2.05) is 0 Å². The van der Waals surface area contributed by atoms with Crippen molar-refractivity contribution in [2.75, 3.05) is 13.2 Å². The van der Waals surface area contributed by atoms with Gasteiger partial charge in [0.25, 0.3) is 0 Å². The van der Waals surface area contributed by atoms with Gasteiger partial charge in [-0.15, -0.1) is 0 Å². The molecule has 0 unspecified atom stereocenters. The molecule has 2 N–H and O–H groups in total.